The quantitative estimate of drug-likeness (QED) is 0.607. The first-order valence-electron chi connectivity index (χ1n) is 11.0. The van der Waals surface area contributed by atoms with E-state index < -0.39 is 0 Å². The van der Waals surface area contributed by atoms with E-state index in [1.165, 1.54) is 16.9 Å². The first kappa shape index (κ1) is 20.9. The molecule has 5 rings (SSSR count). The Morgan fingerprint density at radius 2 is 1.81 bits per heavy atom. The number of thiophene rings is 1. The molecule has 0 radical (unpaired) electrons. The van der Waals surface area contributed by atoms with Crippen LogP contribution >= 0.6 is 11.3 Å². The van der Waals surface area contributed by atoms with Gasteiger partial charge in [0.05, 0.1) is 22.7 Å². The number of ether oxygens (including phenoxy) is 1. The van der Waals surface area contributed by atoms with Crippen molar-refractivity contribution in [2.75, 3.05) is 44.7 Å². The highest BCUT2D eigenvalue weighted by Crippen LogP contribution is 2.32. The molecule has 8 heteroatoms. The fourth-order valence-electron chi connectivity index (χ4n) is 4.05. The summed E-state index contributed by atoms with van der Waals surface area (Å²) in [7, 11) is 2.14. The van der Waals surface area contributed by atoms with E-state index in [9.17, 15) is 4.79 Å². The third-order valence-corrected chi connectivity index (χ3v) is 6.91. The lowest BCUT2D eigenvalue weighted by Crippen LogP contribution is -2.45. The largest absolute Gasteiger partial charge is 0.438 e. The second-order valence-corrected chi connectivity index (χ2v) is 9.36. The minimum atomic E-state index is 0.0510. The number of aryl methyl sites for hydroxylation is 1. The molecule has 0 saturated carbocycles. The monoisotopic (exact) mass is 449 g/mol. The maximum Gasteiger partial charge on any atom is 0.264 e. The van der Waals surface area contributed by atoms with Crippen molar-refractivity contribution in [1.82, 2.24) is 19.8 Å². The molecule has 2 aliphatic rings. The molecule has 0 atom stereocenters. The molecule has 32 heavy (non-hydrogen) atoms. The molecule has 3 aromatic rings. The summed E-state index contributed by atoms with van der Waals surface area (Å²) < 4.78 is 6.28. The van der Waals surface area contributed by atoms with Crippen LogP contribution in [0.15, 0.2) is 41.8 Å². The van der Waals surface area contributed by atoms with Crippen molar-refractivity contribution >= 4 is 23.2 Å². The zero-order valence-electron chi connectivity index (χ0n) is 18.5. The zero-order valence-corrected chi connectivity index (χ0v) is 19.3. The van der Waals surface area contributed by atoms with Crippen LogP contribution in [0.25, 0.3) is 0 Å². The number of hydrogen-bond donors (Lipinski definition) is 0. The lowest BCUT2D eigenvalue weighted by molar-refractivity contribution is 0.0737. The third kappa shape index (κ3) is 4.33. The van der Waals surface area contributed by atoms with Crippen LogP contribution in [0, 0.1) is 6.92 Å². The van der Waals surface area contributed by atoms with Crippen molar-refractivity contribution in [1.29, 1.82) is 0 Å². The molecule has 1 fully saturated rings. The summed E-state index contributed by atoms with van der Waals surface area (Å²) in [6.07, 6.45) is 0.694. The average molecular weight is 450 g/mol. The Balaban J connectivity index is 1.48. The van der Waals surface area contributed by atoms with Gasteiger partial charge in [-0.05, 0) is 37.6 Å². The summed E-state index contributed by atoms with van der Waals surface area (Å²) in [6, 6.07) is 11.7. The summed E-state index contributed by atoms with van der Waals surface area (Å²) in [5.41, 5.74) is 3.05. The number of amides is 1. The summed E-state index contributed by atoms with van der Waals surface area (Å²) in [6.45, 7) is 6.90. The Morgan fingerprint density at radius 1 is 1.03 bits per heavy atom. The van der Waals surface area contributed by atoms with Gasteiger partial charge in [0, 0.05) is 39.1 Å². The van der Waals surface area contributed by atoms with E-state index in [2.05, 4.69) is 23.8 Å². The van der Waals surface area contributed by atoms with Crippen molar-refractivity contribution in [2.45, 2.75) is 19.9 Å². The van der Waals surface area contributed by atoms with Crippen molar-refractivity contribution in [3.05, 3.63) is 63.5 Å². The Kier molecular flexibility index (Phi) is 5.80. The number of carbonyl (C=O) groups excluding carboxylic acids is 1. The van der Waals surface area contributed by atoms with E-state index in [4.69, 9.17) is 14.7 Å². The van der Waals surface area contributed by atoms with Gasteiger partial charge in [0.25, 0.3) is 5.91 Å². The number of aromatic nitrogens is 2. The highest BCUT2D eigenvalue weighted by Gasteiger charge is 2.29. The van der Waals surface area contributed by atoms with Crippen LogP contribution in [-0.2, 0) is 13.0 Å². The van der Waals surface area contributed by atoms with Gasteiger partial charge in [-0.1, -0.05) is 23.8 Å². The lowest BCUT2D eigenvalue weighted by atomic mass is 10.1. The van der Waals surface area contributed by atoms with Crippen molar-refractivity contribution in [2.24, 2.45) is 0 Å². The highest BCUT2D eigenvalue weighted by molar-refractivity contribution is 7.12. The molecule has 1 amide bonds. The molecule has 1 aromatic carbocycles. The predicted molar refractivity (Wildman–Crippen MR) is 126 cm³/mol. The number of fused-ring (bicyclic) bond motifs is 1. The summed E-state index contributed by atoms with van der Waals surface area (Å²) in [5, 5.41) is 1.93. The van der Waals surface area contributed by atoms with E-state index >= 15 is 0 Å². The molecule has 0 aliphatic carbocycles. The van der Waals surface area contributed by atoms with E-state index in [1.54, 1.807) is 0 Å². The van der Waals surface area contributed by atoms with E-state index in [1.807, 2.05) is 46.7 Å². The first-order valence-corrected chi connectivity index (χ1v) is 11.9. The number of hydrogen-bond acceptors (Lipinski definition) is 7. The summed E-state index contributed by atoms with van der Waals surface area (Å²) in [5.74, 6) is 2.06. The Hall–Kier alpha value is -2.97. The van der Waals surface area contributed by atoms with Crippen LogP contribution in [-0.4, -0.2) is 65.4 Å². The number of anilines is 1. The molecule has 2 aromatic heterocycles. The lowest BCUT2D eigenvalue weighted by Gasteiger charge is -2.34. The molecule has 0 bridgehead atoms. The van der Waals surface area contributed by atoms with E-state index in [0.29, 0.717) is 25.4 Å². The van der Waals surface area contributed by atoms with Gasteiger partial charge in [0.2, 0.25) is 11.8 Å². The topological polar surface area (TPSA) is 61.8 Å². The number of carbonyl (C=O) groups is 1. The first-order chi connectivity index (χ1) is 15.6. The van der Waals surface area contributed by atoms with Crippen LogP contribution in [0.4, 0.5) is 5.95 Å². The van der Waals surface area contributed by atoms with Crippen LogP contribution in [0.2, 0.25) is 0 Å². The van der Waals surface area contributed by atoms with Gasteiger partial charge in [-0.25, -0.2) is 4.98 Å². The number of piperazine rings is 1. The fourth-order valence-corrected chi connectivity index (χ4v) is 4.74. The predicted octanol–water partition coefficient (Wildman–Crippen LogP) is 3.59. The number of benzene rings is 1. The second-order valence-electron chi connectivity index (χ2n) is 8.41. The molecular weight excluding hydrogens is 422 g/mol. The molecule has 0 spiro atoms. The highest BCUT2D eigenvalue weighted by atomic mass is 32.1. The van der Waals surface area contributed by atoms with Crippen molar-refractivity contribution < 1.29 is 9.53 Å². The Bertz CT molecular complexity index is 1090. The fraction of sp³-hybridized carbons (Fsp3) is 0.375. The van der Waals surface area contributed by atoms with Crippen molar-refractivity contribution in [3.63, 3.8) is 0 Å². The van der Waals surface area contributed by atoms with Crippen LogP contribution in [0.5, 0.6) is 11.6 Å². The van der Waals surface area contributed by atoms with Crippen molar-refractivity contribution in [3.8, 4) is 11.6 Å². The van der Waals surface area contributed by atoms with E-state index in [0.717, 1.165) is 54.0 Å². The van der Waals surface area contributed by atoms with E-state index in [-0.39, 0.29) is 5.91 Å². The van der Waals surface area contributed by atoms with Gasteiger partial charge in [0.1, 0.15) is 5.75 Å². The number of nitrogens with zero attached hydrogens (tertiary/aromatic N) is 5. The standard InChI is InChI=1S/C24H27N5O2S/c1-17-5-7-18(8-6-17)31-22-19-16-29(23(30)21-4-3-15-32-21)10-9-20(19)25-24(26-22)28-13-11-27(2)12-14-28/h3-8,15H,9-14,16H2,1-2H3. The minimum Gasteiger partial charge on any atom is -0.438 e. The van der Waals surface area contributed by atoms with Gasteiger partial charge in [-0.15, -0.1) is 11.3 Å². The maximum atomic E-state index is 13.0. The third-order valence-electron chi connectivity index (χ3n) is 6.05. The zero-order chi connectivity index (χ0) is 22.1. The molecule has 4 heterocycles. The Labute approximate surface area is 192 Å². The smallest absolute Gasteiger partial charge is 0.264 e. The Morgan fingerprint density at radius 3 is 2.53 bits per heavy atom. The summed E-state index contributed by atoms with van der Waals surface area (Å²) in [4.78, 5) is 29.9. The van der Waals surface area contributed by atoms with Crippen LogP contribution < -0.4 is 9.64 Å². The molecule has 166 valence electrons. The SMILES string of the molecule is Cc1ccc(Oc2nc(N3CCN(C)CC3)nc3c2CN(C(=O)c2cccs2)CC3)cc1. The molecule has 0 N–H and O–H groups in total. The minimum absolute atomic E-state index is 0.0510. The average Bonchev–Trinajstić information content (AvgIpc) is 3.35. The maximum absolute atomic E-state index is 13.0. The normalized spacial score (nSPS) is 16.7. The second kappa shape index (κ2) is 8.88. The molecular formula is C24H27N5O2S. The molecule has 0 unspecified atom stereocenters. The van der Waals surface area contributed by atoms with Gasteiger partial charge >= 0.3 is 0 Å². The van der Waals surface area contributed by atoms with Crippen LogP contribution in [0.1, 0.15) is 26.5 Å². The number of rotatable bonds is 4. The van der Waals surface area contributed by atoms with Gasteiger partial charge in [-0.2, -0.15) is 4.98 Å². The molecule has 2 aliphatic heterocycles. The van der Waals surface area contributed by atoms with Gasteiger partial charge < -0.3 is 19.4 Å². The molecule has 1 saturated heterocycles. The van der Waals surface area contributed by atoms with Gasteiger partial charge in [-0.3, -0.25) is 4.79 Å². The van der Waals surface area contributed by atoms with Crippen LogP contribution in [0.3, 0.4) is 0 Å². The summed E-state index contributed by atoms with van der Waals surface area (Å²) >= 11 is 1.47. The van der Waals surface area contributed by atoms with Gasteiger partial charge in [0.15, 0.2) is 0 Å². The molecule has 7 nitrogen and oxygen atoms in total. The number of likely N-dealkylation sites (N-methyl/N-ethyl adjacent to an activating group) is 1.